The van der Waals surface area contributed by atoms with Crippen molar-refractivity contribution in [1.29, 1.82) is 0 Å². The molecule has 1 aliphatic rings. The molecule has 0 aliphatic carbocycles. The van der Waals surface area contributed by atoms with E-state index in [-0.39, 0.29) is 23.3 Å². The highest BCUT2D eigenvalue weighted by Crippen LogP contribution is 2.20. The highest BCUT2D eigenvalue weighted by Gasteiger charge is 2.29. The zero-order valence-corrected chi connectivity index (χ0v) is 14.8. The fourth-order valence-electron chi connectivity index (χ4n) is 2.88. The molecule has 1 unspecified atom stereocenters. The number of hydrogen-bond donors (Lipinski definition) is 3. The van der Waals surface area contributed by atoms with Crippen LogP contribution in [0.2, 0.25) is 5.02 Å². The van der Waals surface area contributed by atoms with Gasteiger partial charge < -0.3 is 16.0 Å². The van der Waals surface area contributed by atoms with E-state index in [0.29, 0.717) is 30.1 Å². The minimum atomic E-state index is -0.713. The predicted molar refractivity (Wildman–Crippen MR) is 95.1 cm³/mol. The molecule has 136 valence electrons. The Morgan fingerprint density at radius 1 is 1.35 bits per heavy atom. The number of nitrogens with two attached hydrogens (primary N) is 1. The highest BCUT2D eigenvalue weighted by atomic mass is 35.5. The number of aromatic nitrogens is 2. The Bertz CT molecular complexity index is 879. The molecule has 26 heavy (non-hydrogen) atoms. The van der Waals surface area contributed by atoms with Crippen molar-refractivity contribution in [2.45, 2.75) is 19.4 Å². The summed E-state index contributed by atoms with van der Waals surface area (Å²) >= 11 is 5.99. The number of H-pyrrole nitrogens is 1. The van der Waals surface area contributed by atoms with Crippen molar-refractivity contribution in [3.05, 3.63) is 51.8 Å². The first-order valence-corrected chi connectivity index (χ1v) is 8.44. The van der Waals surface area contributed by atoms with E-state index in [1.807, 2.05) is 6.92 Å². The second kappa shape index (κ2) is 7.17. The van der Waals surface area contributed by atoms with E-state index in [1.54, 1.807) is 23.1 Å². The number of nitrogens with zero attached hydrogens (tertiary/aromatic N) is 2. The van der Waals surface area contributed by atoms with Crippen LogP contribution in [-0.2, 0) is 0 Å². The second-order valence-corrected chi connectivity index (χ2v) is 6.64. The molecule has 1 saturated heterocycles. The monoisotopic (exact) mass is 375 g/mol. The molecule has 1 atom stereocenters. The smallest absolute Gasteiger partial charge is 0.269 e. The zero-order valence-electron chi connectivity index (χ0n) is 14.1. The summed E-state index contributed by atoms with van der Waals surface area (Å²) in [4.78, 5) is 37.6. The molecule has 8 nitrogen and oxygen atoms in total. The quantitative estimate of drug-likeness (QED) is 0.741. The molecule has 1 aromatic heterocycles. The lowest BCUT2D eigenvalue weighted by atomic mass is 10.1. The van der Waals surface area contributed by atoms with E-state index in [1.165, 1.54) is 6.07 Å². The summed E-state index contributed by atoms with van der Waals surface area (Å²) in [5.41, 5.74) is 6.67. The minimum Gasteiger partial charge on any atom is -0.364 e. The molecule has 2 aromatic rings. The van der Waals surface area contributed by atoms with Gasteiger partial charge in [0.05, 0.1) is 0 Å². The fraction of sp³-hybridized carbons (Fsp3) is 0.294. The van der Waals surface area contributed by atoms with E-state index in [4.69, 9.17) is 17.3 Å². The number of rotatable bonds is 4. The molecule has 1 fully saturated rings. The Labute approximate surface area is 154 Å². The van der Waals surface area contributed by atoms with E-state index in [9.17, 15) is 14.4 Å². The first-order chi connectivity index (χ1) is 12.3. The van der Waals surface area contributed by atoms with Gasteiger partial charge in [0.15, 0.2) is 5.69 Å². The largest absolute Gasteiger partial charge is 0.364 e. The van der Waals surface area contributed by atoms with Gasteiger partial charge >= 0.3 is 0 Å². The summed E-state index contributed by atoms with van der Waals surface area (Å²) in [7, 11) is 0. The zero-order chi connectivity index (χ0) is 18.8. The van der Waals surface area contributed by atoms with Gasteiger partial charge in [-0.2, -0.15) is 5.10 Å². The summed E-state index contributed by atoms with van der Waals surface area (Å²) in [6.07, 6.45) is 0.633. The number of nitrogens with one attached hydrogen (secondary N) is 2. The first kappa shape index (κ1) is 17.9. The lowest BCUT2D eigenvalue weighted by molar-refractivity contribution is 0.0782. The van der Waals surface area contributed by atoms with Gasteiger partial charge in [0.2, 0.25) is 0 Å². The molecule has 0 saturated carbocycles. The number of likely N-dealkylation sites (tertiary alicyclic amines) is 1. The van der Waals surface area contributed by atoms with Crippen molar-refractivity contribution in [1.82, 2.24) is 20.4 Å². The van der Waals surface area contributed by atoms with Gasteiger partial charge in [-0.05, 0) is 31.0 Å². The van der Waals surface area contributed by atoms with Gasteiger partial charge in [-0.3, -0.25) is 19.5 Å². The molecule has 1 aliphatic heterocycles. The van der Waals surface area contributed by atoms with Crippen LogP contribution >= 0.6 is 11.6 Å². The molecule has 3 amide bonds. The number of primary amides is 1. The topological polar surface area (TPSA) is 121 Å². The SMILES string of the molecule is Cc1ccc(Cl)cc1C(=O)N1CCC(NC(=O)c2cc(C(N)=O)n[nH]2)C1. The summed E-state index contributed by atoms with van der Waals surface area (Å²) in [6.45, 7) is 2.78. The average Bonchev–Trinajstić information content (AvgIpc) is 3.26. The number of carbonyl (C=O) groups is 3. The summed E-state index contributed by atoms with van der Waals surface area (Å²) in [5, 5.41) is 9.49. The van der Waals surface area contributed by atoms with Crippen molar-refractivity contribution >= 4 is 29.3 Å². The summed E-state index contributed by atoms with van der Waals surface area (Å²) in [5.74, 6) is -1.22. The van der Waals surface area contributed by atoms with Crippen LogP contribution in [0.3, 0.4) is 0 Å². The van der Waals surface area contributed by atoms with Gasteiger partial charge in [0.1, 0.15) is 5.69 Å². The van der Waals surface area contributed by atoms with Crippen molar-refractivity contribution in [2.24, 2.45) is 5.73 Å². The third-order valence-electron chi connectivity index (χ3n) is 4.32. The van der Waals surface area contributed by atoms with Crippen LogP contribution in [0.1, 0.15) is 43.3 Å². The Hall–Kier alpha value is -2.87. The first-order valence-electron chi connectivity index (χ1n) is 8.06. The highest BCUT2D eigenvalue weighted by molar-refractivity contribution is 6.31. The lowest BCUT2D eigenvalue weighted by Gasteiger charge is -2.18. The van der Waals surface area contributed by atoms with Crippen molar-refractivity contribution < 1.29 is 14.4 Å². The van der Waals surface area contributed by atoms with Gasteiger partial charge in [-0.1, -0.05) is 17.7 Å². The molecule has 1 aromatic carbocycles. The second-order valence-electron chi connectivity index (χ2n) is 6.20. The van der Waals surface area contributed by atoms with E-state index < -0.39 is 11.8 Å². The number of benzene rings is 1. The molecule has 0 radical (unpaired) electrons. The van der Waals surface area contributed by atoms with Crippen LogP contribution in [0.5, 0.6) is 0 Å². The maximum Gasteiger partial charge on any atom is 0.269 e. The van der Waals surface area contributed by atoms with Crippen LogP contribution < -0.4 is 11.1 Å². The van der Waals surface area contributed by atoms with Crippen molar-refractivity contribution in [2.75, 3.05) is 13.1 Å². The summed E-state index contributed by atoms with van der Waals surface area (Å²) in [6, 6.07) is 6.31. The van der Waals surface area contributed by atoms with Crippen LogP contribution in [0.25, 0.3) is 0 Å². The lowest BCUT2D eigenvalue weighted by Crippen LogP contribution is -2.38. The van der Waals surface area contributed by atoms with E-state index >= 15 is 0 Å². The Kier molecular flexibility index (Phi) is 4.94. The number of halogens is 1. The molecular formula is C17H18ClN5O3. The maximum absolute atomic E-state index is 12.7. The van der Waals surface area contributed by atoms with Gasteiger partial charge in [-0.15, -0.1) is 0 Å². The van der Waals surface area contributed by atoms with Crippen molar-refractivity contribution in [3.63, 3.8) is 0 Å². The third-order valence-corrected chi connectivity index (χ3v) is 4.55. The molecule has 0 spiro atoms. The average molecular weight is 376 g/mol. The number of hydrogen-bond acceptors (Lipinski definition) is 4. The molecule has 9 heteroatoms. The van der Waals surface area contributed by atoms with Crippen LogP contribution in [0, 0.1) is 6.92 Å². The third kappa shape index (κ3) is 3.70. The fourth-order valence-corrected chi connectivity index (χ4v) is 3.06. The Morgan fingerprint density at radius 3 is 2.81 bits per heavy atom. The normalized spacial score (nSPS) is 16.5. The number of amides is 3. The van der Waals surface area contributed by atoms with Crippen molar-refractivity contribution in [3.8, 4) is 0 Å². The molecule has 2 heterocycles. The number of carbonyl (C=O) groups excluding carboxylic acids is 3. The van der Waals surface area contributed by atoms with Crippen LogP contribution in [-0.4, -0.2) is 52.0 Å². The van der Waals surface area contributed by atoms with E-state index in [2.05, 4.69) is 15.5 Å². The Morgan fingerprint density at radius 2 is 2.12 bits per heavy atom. The molecule has 4 N–H and O–H groups in total. The number of aryl methyl sites for hydroxylation is 1. The molecule has 0 bridgehead atoms. The molecular weight excluding hydrogens is 358 g/mol. The van der Waals surface area contributed by atoms with Gasteiger partial charge in [0, 0.05) is 35.8 Å². The van der Waals surface area contributed by atoms with Gasteiger partial charge in [0.25, 0.3) is 17.7 Å². The minimum absolute atomic E-state index is 0.00481. The van der Waals surface area contributed by atoms with E-state index in [0.717, 1.165) is 5.56 Å². The summed E-state index contributed by atoms with van der Waals surface area (Å²) < 4.78 is 0. The van der Waals surface area contributed by atoms with Gasteiger partial charge in [-0.25, -0.2) is 0 Å². The standard InChI is InChI=1S/C17H18ClN5O3/c1-9-2-3-10(18)6-12(9)17(26)23-5-4-11(8-23)20-16(25)14-7-13(15(19)24)21-22-14/h2-3,6-7,11H,4-5,8H2,1H3,(H2,19,24)(H,20,25)(H,21,22). The predicted octanol–water partition coefficient (Wildman–Crippen LogP) is 1.11. The van der Waals surface area contributed by atoms with Crippen LogP contribution in [0.4, 0.5) is 0 Å². The van der Waals surface area contributed by atoms with Crippen LogP contribution in [0.15, 0.2) is 24.3 Å². The Balaban J connectivity index is 1.63. The molecule has 3 rings (SSSR count). The number of aromatic amines is 1. The maximum atomic E-state index is 12.7.